The summed E-state index contributed by atoms with van der Waals surface area (Å²) in [7, 11) is 0. The Morgan fingerprint density at radius 2 is 1.17 bits per heavy atom. The predicted molar refractivity (Wildman–Crippen MR) is 282 cm³/mol. The van der Waals surface area contributed by atoms with Gasteiger partial charge in [0.05, 0.1) is 22.5 Å². The number of nitrogens with zero attached hydrogens (tertiary/aromatic N) is 4. The number of hydrogen-bond donors (Lipinski definition) is 0. The van der Waals surface area contributed by atoms with Crippen molar-refractivity contribution in [2.45, 2.75) is 25.2 Å². The van der Waals surface area contributed by atoms with Gasteiger partial charge in [-0.1, -0.05) is 127 Å². The highest BCUT2D eigenvalue weighted by molar-refractivity contribution is 6.11. The van der Waals surface area contributed by atoms with Crippen LogP contribution in [0, 0.1) is 0 Å². The highest BCUT2D eigenvalue weighted by Crippen LogP contribution is 2.46. The topological polar surface area (TPSA) is 83.0 Å². The van der Waals surface area contributed by atoms with E-state index in [1.54, 1.807) is 0 Å². The van der Waals surface area contributed by atoms with Gasteiger partial charge in [0, 0.05) is 54.7 Å². The highest BCUT2D eigenvalue weighted by atomic mass is 16.3. The average molecular weight is 901 g/mol. The van der Waals surface area contributed by atoms with Crippen molar-refractivity contribution in [3.8, 4) is 39.6 Å². The van der Waals surface area contributed by atoms with E-state index in [-0.39, 0.29) is 5.92 Å². The number of fused-ring (bicyclic) bond motifs is 12. The second-order valence-electron chi connectivity index (χ2n) is 18.5. The second-order valence-corrected chi connectivity index (χ2v) is 18.5. The molecule has 1 unspecified atom stereocenters. The molecule has 15 rings (SSSR count). The van der Waals surface area contributed by atoms with Crippen molar-refractivity contribution >= 4 is 83.4 Å². The molecule has 0 bridgehead atoms. The Labute approximate surface area is 401 Å². The maximum Gasteiger partial charge on any atom is 0.167 e. The van der Waals surface area contributed by atoms with Gasteiger partial charge in [-0.25, -0.2) is 15.0 Å². The number of furan rings is 3. The summed E-state index contributed by atoms with van der Waals surface area (Å²) >= 11 is 0. The summed E-state index contributed by atoms with van der Waals surface area (Å²) in [5.74, 6) is 3.44. The van der Waals surface area contributed by atoms with Crippen LogP contribution in [0.5, 0.6) is 0 Å². The van der Waals surface area contributed by atoms with Gasteiger partial charge in [0.2, 0.25) is 0 Å². The molecule has 7 nitrogen and oxygen atoms in total. The Hall–Kier alpha value is -9.07. The first-order chi connectivity index (χ1) is 34.7. The minimum Gasteiger partial charge on any atom is -0.456 e. The van der Waals surface area contributed by atoms with Crippen LogP contribution in [0.1, 0.15) is 52.8 Å². The molecular formula is C63H40N4O3. The first-order valence-corrected chi connectivity index (χ1v) is 24.0. The Morgan fingerprint density at radius 1 is 0.471 bits per heavy atom. The molecule has 0 radical (unpaired) electrons. The number of hydrogen-bond acceptors (Lipinski definition) is 6. The molecule has 5 heterocycles. The van der Waals surface area contributed by atoms with Crippen molar-refractivity contribution in [3.63, 3.8) is 0 Å². The lowest BCUT2D eigenvalue weighted by molar-refractivity contribution is 0.586. The van der Waals surface area contributed by atoms with Crippen molar-refractivity contribution < 1.29 is 13.3 Å². The second kappa shape index (κ2) is 15.2. The number of aromatic nitrogens is 4. The Morgan fingerprint density at radius 3 is 2.09 bits per heavy atom. The van der Waals surface area contributed by atoms with Crippen LogP contribution in [0.25, 0.3) is 123 Å². The van der Waals surface area contributed by atoms with Gasteiger partial charge >= 0.3 is 0 Å². The quantitative estimate of drug-likeness (QED) is 0.165. The molecule has 13 aromatic rings. The zero-order chi connectivity index (χ0) is 45.9. The van der Waals surface area contributed by atoms with Crippen LogP contribution in [0.15, 0.2) is 201 Å². The maximum atomic E-state index is 6.76. The Bertz CT molecular complexity index is 4340. The summed E-state index contributed by atoms with van der Waals surface area (Å²) in [5.41, 5.74) is 15.7. The summed E-state index contributed by atoms with van der Waals surface area (Å²) in [6, 6.07) is 63.7. The van der Waals surface area contributed by atoms with Crippen LogP contribution in [-0.4, -0.2) is 19.5 Å². The molecule has 0 amide bonds. The number of para-hydroxylation sites is 4. The first-order valence-electron chi connectivity index (χ1n) is 24.0. The van der Waals surface area contributed by atoms with Crippen molar-refractivity contribution in [1.29, 1.82) is 0 Å². The fraction of sp³-hybridized carbons (Fsp3) is 0.0635. The first kappa shape index (κ1) is 39.0. The van der Waals surface area contributed by atoms with E-state index in [1.807, 2.05) is 54.6 Å². The van der Waals surface area contributed by atoms with Crippen LogP contribution >= 0.6 is 0 Å². The third kappa shape index (κ3) is 5.97. The molecule has 70 heavy (non-hydrogen) atoms. The number of aryl methyl sites for hydroxylation is 1. The van der Waals surface area contributed by atoms with Gasteiger partial charge in [-0.15, -0.1) is 0 Å². The van der Waals surface area contributed by atoms with Crippen LogP contribution in [0.4, 0.5) is 0 Å². The molecule has 0 aliphatic heterocycles. The fourth-order valence-electron chi connectivity index (χ4n) is 11.3. The molecule has 0 N–H and O–H groups in total. The lowest BCUT2D eigenvalue weighted by Crippen LogP contribution is -2.11. The zero-order valence-electron chi connectivity index (χ0n) is 37.8. The molecule has 7 heteroatoms. The van der Waals surface area contributed by atoms with E-state index in [0.717, 1.165) is 102 Å². The highest BCUT2D eigenvalue weighted by Gasteiger charge is 2.30. The van der Waals surface area contributed by atoms with Gasteiger partial charge < -0.3 is 17.8 Å². The van der Waals surface area contributed by atoms with Crippen LogP contribution in [-0.2, 0) is 6.42 Å². The van der Waals surface area contributed by atoms with Gasteiger partial charge in [0.1, 0.15) is 39.7 Å². The lowest BCUT2D eigenvalue weighted by atomic mass is 9.86. The zero-order valence-corrected chi connectivity index (χ0v) is 37.8. The summed E-state index contributed by atoms with van der Waals surface area (Å²) in [6.07, 6.45) is 9.03. The summed E-state index contributed by atoms with van der Waals surface area (Å²) in [6.45, 7) is 0. The molecule has 0 spiro atoms. The smallest absolute Gasteiger partial charge is 0.167 e. The summed E-state index contributed by atoms with van der Waals surface area (Å²) in [5, 5.41) is 6.79. The molecule has 330 valence electrons. The molecule has 1 atom stereocenters. The molecule has 0 saturated heterocycles. The molecule has 5 aromatic heterocycles. The number of allylic oxidation sites excluding steroid dienone is 2. The van der Waals surface area contributed by atoms with Gasteiger partial charge in [0.25, 0.3) is 0 Å². The normalized spacial score (nSPS) is 14.6. The van der Waals surface area contributed by atoms with E-state index >= 15 is 0 Å². The fourth-order valence-corrected chi connectivity index (χ4v) is 11.3. The molecule has 0 fully saturated rings. The lowest BCUT2D eigenvalue weighted by Gasteiger charge is -2.19. The van der Waals surface area contributed by atoms with E-state index in [9.17, 15) is 0 Å². The Kier molecular flexibility index (Phi) is 8.48. The molecule has 2 aliphatic carbocycles. The largest absolute Gasteiger partial charge is 0.456 e. The van der Waals surface area contributed by atoms with E-state index in [4.69, 9.17) is 28.2 Å². The van der Waals surface area contributed by atoms with Crippen molar-refractivity contribution in [1.82, 2.24) is 19.5 Å². The minimum atomic E-state index is -0.189. The van der Waals surface area contributed by atoms with Gasteiger partial charge in [-0.3, -0.25) is 0 Å². The number of rotatable bonds is 6. The SMILES string of the molecule is C1=Cc2oc3ccc(-c4cccc5oc6c(c45)CCC(c4ccc5c(c4)c4ccccc4n5-c4ccccc4)=C6)cc3c2C(c2nc(-c3ccccc3)nc(-c3cccc4c3oc3ccccc34)n2)C1. The van der Waals surface area contributed by atoms with Crippen LogP contribution < -0.4 is 0 Å². The monoisotopic (exact) mass is 900 g/mol. The van der Waals surface area contributed by atoms with E-state index in [1.165, 1.54) is 38.5 Å². The van der Waals surface area contributed by atoms with Gasteiger partial charge in [0.15, 0.2) is 11.6 Å². The maximum absolute atomic E-state index is 6.76. The van der Waals surface area contributed by atoms with Crippen molar-refractivity contribution in [3.05, 3.63) is 222 Å². The molecular weight excluding hydrogens is 861 g/mol. The third-order valence-electron chi connectivity index (χ3n) is 14.5. The molecule has 8 aromatic carbocycles. The minimum absolute atomic E-state index is 0.189. The average Bonchev–Trinajstić information content (AvgIpc) is 4.19. The van der Waals surface area contributed by atoms with Crippen LogP contribution in [0.2, 0.25) is 0 Å². The van der Waals surface area contributed by atoms with Crippen molar-refractivity contribution in [2.24, 2.45) is 0 Å². The Balaban J connectivity index is 0.833. The summed E-state index contributed by atoms with van der Waals surface area (Å²) < 4.78 is 22.3. The van der Waals surface area contributed by atoms with Gasteiger partial charge in [-0.05, 0) is 114 Å². The molecule has 0 saturated carbocycles. The van der Waals surface area contributed by atoms with Gasteiger partial charge in [-0.2, -0.15) is 0 Å². The van der Waals surface area contributed by atoms with Crippen molar-refractivity contribution in [2.75, 3.05) is 0 Å². The van der Waals surface area contributed by atoms with Crippen LogP contribution in [0.3, 0.4) is 0 Å². The van der Waals surface area contributed by atoms with E-state index < -0.39 is 0 Å². The van der Waals surface area contributed by atoms with E-state index in [2.05, 4.69) is 150 Å². The standard InChI is InChI=1S/C63H40N4O3/c1-3-14-37(15-4-1)61-64-62(66-63(65-61)48-23-11-21-45-44-19-8-10-25-53(44)70-60(45)48)47-22-13-27-56-59(47)50-35-40(30-33-54(50)68-56)42-20-12-26-55-58(42)46-31-28-39(36-57(46)69-55)38-29-32-52-49(34-38)43-18-7-9-24-51(43)67(52)41-16-5-2-6-17-41/h1-21,23-27,29-30,32-36,47H,22,28,31H2. The molecule has 2 aliphatic rings. The number of benzene rings is 8. The summed E-state index contributed by atoms with van der Waals surface area (Å²) in [4.78, 5) is 15.7. The van der Waals surface area contributed by atoms with E-state index in [0.29, 0.717) is 23.9 Å². The predicted octanol–water partition coefficient (Wildman–Crippen LogP) is 16.4. The third-order valence-corrected chi connectivity index (χ3v) is 14.5.